The Kier molecular flexibility index (Phi) is 4.00. The molecule has 3 N–H and O–H groups in total. The van der Waals surface area contributed by atoms with Crippen LogP contribution in [0.4, 0.5) is 11.4 Å². The van der Waals surface area contributed by atoms with E-state index in [1.165, 1.54) is 13.0 Å². The first-order valence-electron chi connectivity index (χ1n) is 5.82. The second-order valence-corrected chi connectivity index (χ2v) is 4.52. The third-order valence-corrected chi connectivity index (χ3v) is 2.78. The molecule has 5 nitrogen and oxygen atoms in total. The highest BCUT2D eigenvalue weighted by molar-refractivity contribution is 6.30. The number of halogens is 1. The fourth-order valence-corrected chi connectivity index (χ4v) is 1.91. The molecule has 0 spiro atoms. The molecule has 0 fully saturated rings. The molecule has 0 aliphatic rings. The number of carbonyl (C=O) groups is 2. The molecule has 0 saturated carbocycles. The number of hydrogen-bond acceptors (Lipinski definition) is 4. The van der Waals surface area contributed by atoms with Crippen LogP contribution in [-0.2, 0) is 4.79 Å². The Morgan fingerprint density at radius 1 is 1.25 bits per heavy atom. The van der Waals surface area contributed by atoms with Gasteiger partial charge in [-0.1, -0.05) is 41.9 Å². The van der Waals surface area contributed by atoms with Crippen molar-refractivity contribution in [2.75, 3.05) is 11.1 Å². The van der Waals surface area contributed by atoms with Crippen LogP contribution in [0.2, 0.25) is 5.15 Å². The van der Waals surface area contributed by atoms with E-state index in [0.29, 0.717) is 5.56 Å². The summed E-state index contributed by atoms with van der Waals surface area (Å²) in [5.74, 6) is -0.658. The number of carbonyl (C=O) groups excluding carboxylic acids is 2. The Morgan fingerprint density at radius 3 is 2.50 bits per heavy atom. The van der Waals surface area contributed by atoms with Crippen LogP contribution in [0, 0.1) is 0 Å². The number of anilines is 2. The third-order valence-electron chi connectivity index (χ3n) is 2.59. The number of ketones is 1. The second-order valence-electron chi connectivity index (χ2n) is 4.13. The number of nitrogens with two attached hydrogens (primary N) is 1. The van der Waals surface area contributed by atoms with Gasteiger partial charge >= 0.3 is 0 Å². The van der Waals surface area contributed by atoms with Gasteiger partial charge in [-0.2, -0.15) is 0 Å². The number of pyridine rings is 1. The smallest absolute Gasteiger partial charge is 0.221 e. The van der Waals surface area contributed by atoms with Gasteiger partial charge in [-0.15, -0.1) is 0 Å². The Balaban J connectivity index is 2.49. The first-order chi connectivity index (χ1) is 9.49. The minimum absolute atomic E-state index is 0.0208. The van der Waals surface area contributed by atoms with Gasteiger partial charge in [-0.05, 0) is 0 Å². The Labute approximate surface area is 120 Å². The predicted molar refractivity (Wildman–Crippen MR) is 77.8 cm³/mol. The SMILES string of the molecule is CC(=O)Nc1cc(Cl)nc(C(=O)c2ccccc2)c1N. The van der Waals surface area contributed by atoms with Gasteiger partial charge in [0.1, 0.15) is 10.8 Å². The van der Waals surface area contributed by atoms with Crippen LogP contribution in [-0.4, -0.2) is 16.7 Å². The number of rotatable bonds is 3. The summed E-state index contributed by atoms with van der Waals surface area (Å²) < 4.78 is 0. The summed E-state index contributed by atoms with van der Waals surface area (Å²) >= 11 is 5.87. The van der Waals surface area contributed by atoms with Crippen LogP contribution >= 0.6 is 11.6 Å². The maximum atomic E-state index is 12.3. The molecule has 1 aromatic carbocycles. The zero-order chi connectivity index (χ0) is 14.7. The van der Waals surface area contributed by atoms with Crippen molar-refractivity contribution in [1.29, 1.82) is 0 Å². The van der Waals surface area contributed by atoms with Crippen molar-refractivity contribution >= 4 is 34.7 Å². The molecule has 0 saturated heterocycles. The van der Waals surface area contributed by atoms with E-state index in [1.807, 2.05) is 0 Å². The van der Waals surface area contributed by atoms with Crippen LogP contribution in [0.5, 0.6) is 0 Å². The van der Waals surface area contributed by atoms with E-state index in [2.05, 4.69) is 10.3 Å². The highest BCUT2D eigenvalue weighted by atomic mass is 35.5. The zero-order valence-corrected chi connectivity index (χ0v) is 11.4. The molecule has 1 heterocycles. The fraction of sp³-hybridized carbons (Fsp3) is 0.0714. The van der Waals surface area contributed by atoms with Crippen LogP contribution in [0.25, 0.3) is 0 Å². The van der Waals surface area contributed by atoms with Crippen molar-refractivity contribution in [2.45, 2.75) is 6.92 Å². The molecule has 0 unspecified atom stereocenters. The van der Waals surface area contributed by atoms with Gasteiger partial charge in [0.25, 0.3) is 0 Å². The van der Waals surface area contributed by atoms with E-state index in [9.17, 15) is 9.59 Å². The summed E-state index contributed by atoms with van der Waals surface area (Å²) in [6.45, 7) is 1.34. The number of aromatic nitrogens is 1. The lowest BCUT2D eigenvalue weighted by atomic mass is 10.1. The number of nitrogens with one attached hydrogen (secondary N) is 1. The minimum atomic E-state index is -0.350. The molecule has 2 aromatic rings. The van der Waals surface area contributed by atoms with Gasteiger partial charge in [0.05, 0.1) is 11.4 Å². The molecule has 1 aromatic heterocycles. The Bertz CT molecular complexity index is 672. The Hall–Kier alpha value is -2.40. The van der Waals surface area contributed by atoms with Gasteiger partial charge < -0.3 is 11.1 Å². The van der Waals surface area contributed by atoms with E-state index in [4.69, 9.17) is 17.3 Å². The molecule has 2 rings (SSSR count). The molecule has 0 atom stereocenters. The lowest BCUT2D eigenvalue weighted by Gasteiger charge is -2.10. The van der Waals surface area contributed by atoms with E-state index in [-0.39, 0.29) is 33.9 Å². The predicted octanol–water partition coefficient (Wildman–Crippen LogP) is 2.51. The largest absolute Gasteiger partial charge is 0.395 e. The van der Waals surface area contributed by atoms with E-state index < -0.39 is 0 Å². The van der Waals surface area contributed by atoms with Crippen LogP contribution in [0.15, 0.2) is 36.4 Å². The first-order valence-corrected chi connectivity index (χ1v) is 6.20. The van der Waals surface area contributed by atoms with Crippen molar-refractivity contribution < 1.29 is 9.59 Å². The van der Waals surface area contributed by atoms with Crippen molar-refractivity contribution in [3.8, 4) is 0 Å². The maximum absolute atomic E-state index is 12.3. The van der Waals surface area contributed by atoms with Crippen molar-refractivity contribution in [3.63, 3.8) is 0 Å². The van der Waals surface area contributed by atoms with Crippen molar-refractivity contribution in [3.05, 3.63) is 52.8 Å². The highest BCUT2D eigenvalue weighted by Crippen LogP contribution is 2.26. The monoisotopic (exact) mass is 289 g/mol. The third kappa shape index (κ3) is 2.95. The molecule has 1 amide bonds. The maximum Gasteiger partial charge on any atom is 0.221 e. The molecule has 0 bridgehead atoms. The number of hydrogen-bond donors (Lipinski definition) is 2. The molecule has 0 radical (unpaired) electrons. The van der Waals surface area contributed by atoms with Crippen LogP contribution in [0.1, 0.15) is 23.0 Å². The van der Waals surface area contributed by atoms with Gasteiger partial charge in [-0.3, -0.25) is 9.59 Å². The summed E-state index contributed by atoms with van der Waals surface area (Å²) in [4.78, 5) is 27.4. The number of nitrogens with zero attached hydrogens (tertiary/aromatic N) is 1. The van der Waals surface area contributed by atoms with E-state index in [1.54, 1.807) is 30.3 Å². The standard InChI is InChI=1S/C14H12ClN3O2/c1-8(19)17-10-7-11(15)18-13(12(10)16)14(20)9-5-3-2-4-6-9/h2-7H,16H2,1H3,(H,17,18,19). The van der Waals surface area contributed by atoms with Gasteiger partial charge in [-0.25, -0.2) is 4.98 Å². The lowest BCUT2D eigenvalue weighted by molar-refractivity contribution is -0.114. The van der Waals surface area contributed by atoms with Gasteiger partial charge in [0.2, 0.25) is 11.7 Å². The molecular formula is C14H12ClN3O2. The normalized spacial score (nSPS) is 10.1. The number of nitrogen functional groups attached to an aromatic ring is 1. The molecule has 6 heteroatoms. The topological polar surface area (TPSA) is 85.1 Å². The molecule has 102 valence electrons. The van der Waals surface area contributed by atoms with Crippen LogP contribution in [0.3, 0.4) is 0 Å². The summed E-state index contributed by atoms with van der Waals surface area (Å²) in [5, 5.41) is 2.61. The summed E-state index contributed by atoms with van der Waals surface area (Å²) in [6.07, 6.45) is 0. The lowest BCUT2D eigenvalue weighted by Crippen LogP contribution is -2.13. The minimum Gasteiger partial charge on any atom is -0.395 e. The average molecular weight is 290 g/mol. The zero-order valence-electron chi connectivity index (χ0n) is 10.7. The molecular weight excluding hydrogens is 278 g/mol. The molecule has 0 aliphatic carbocycles. The first kappa shape index (κ1) is 14.0. The molecule has 20 heavy (non-hydrogen) atoms. The Morgan fingerprint density at radius 2 is 1.90 bits per heavy atom. The summed E-state index contributed by atoms with van der Waals surface area (Å²) in [5.41, 5.74) is 6.72. The van der Waals surface area contributed by atoms with E-state index >= 15 is 0 Å². The number of benzene rings is 1. The van der Waals surface area contributed by atoms with Gasteiger partial charge in [0, 0.05) is 18.6 Å². The van der Waals surface area contributed by atoms with E-state index in [0.717, 1.165) is 0 Å². The summed E-state index contributed by atoms with van der Waals surface area (Å²) in [6, 6.07) is 9.99. The molecule has 0 aliphatic heterocycles. The number of amides is 1. The average Bonchev–Trinajstić information content (AvgIpc) is 2.42. The van der Waals surface area contributed by atoms with Gasteiger partial charge in [0.15, 0.2) is 0 Å². The second kappa shape index (κ2) is 5.71. The van der Waals surface area contributed by atoms with Crippen molar-refractivity contribution in [2.24, 2.45) is 0 Å². The van der Waals surface area contributed by atoms with Crippen molar-refractivity contribution in [1.82, 2.24) is 4.98 Å². The highest BCUT2D eigenvalue weighted by Gasteiger charge is 2.18. The fourth-order valence-electron chi connectivity index (χ4n) is 1.72. The van der Waals surface area contributed by atoms with Crippen LogP contribution < -0.4 is 11.1 Å². The quantitative estimate of drug-likeness (QED) is 0.671. The summed E-state index contributed by atoms with van der Waals surface area (Å²) in [7, 11) is 0.